The first-order chi connectivity index (χ1) is 0. The maximum atomic E-state index is 0. The second-order valence-electron chi connectivity index (χ2n) is 0. The molecule has 0 fully saturated rings. The fraction of sp³-hybridized carbons (Fsp3) is 0. The van der Waals surface area contributed by atoms with Crippen LogP contribution in [0.5, 0.6) is 0 Å². The molecule has 0 saturated heterocycles. The van der Waals surface area contributed by atoms with E-state index in [1.165, 1.54) is 0 Å². The molecule has 0 unspecified atom stereocenters. The zero-order valence-electron chi connectivity index (χ0n) is 1.21. The first-order valence-corrected chi connectivity index (χ1v) is 0. The van der Waals surface area contributed by atoms with Crippen molar-refractivity contribution in [2.75, 3.05) is 0 Å². The van der Waals surface area contributed by atoms with Crippen LogP contribution in [0.25, 0.3) is 0 Å². The van der Waals surface area contributed by atoms with Crippen LogP contribution in [0.3, 0.4) is 0 Å². The molecule has 4 heteroatoms. The van der Waals surface area contributed by atoms with Crippen molar-refractivity contribution in [3.05, 3.63) is 0 Å². The van der Waals surface area contributed by atoms with Gasteiger partial charge in [0, 0.05) is 19.5 Å². The molecule has 0 aromatic carbocycles. The fourth-order valence-corrected chi connectivity index (χ4v) is 0. The van der Waals surface area contributed by atoms with Crippen molar-refractivity contribution in [2.24, 2.45) is 0 Å². The summed E-state index contributed by atoms with van der Waals surface area (Å²) in [5.74, 6) is 0. The molecule has 0 aromatic heterocycles. The van der Waals surface area contributed by atoms with E-state index in [4.69, 9.17) is 0 Å². The molecule has 0 aliphatic heterocycles. The van der Waals surface area contributed by atoms with Crippen molar-refractivity contribution >= 4 is 56.7 Å². The van der Waals surface area contributed by atoms with Crippen molar-refractivity contribution in [1.82, 2.24) is 0 Å². The van der Waals surface area contributed by atoms with Gasteiger partial charge in [-0.05, 0) is 0 Å². The molecular weight excluding hydrogens is 239 g/mol. The minimum absolute atomic E-state index is 0. The van der Waals surface area contributed by atoms with Crippen LogP contribution in [-0.2, 0) is 19.5 Å². The van der Waals surface area contributed by atoms with Crippen molar-refractivity contribution < 1.29 is 19.5 Å². The summed E-state index contributed by atoms with van der Waals surface area (Å²) in [7, 11) is 0. The van der Waals surface area contributed by atoms with Crippen LogP contribution in [0.4, 0.5) is 0 Å². The number of hydrogen-bond donors (Lipinski definition) is 0. The quantitative estimate of drug-likeness (QED) is 0.424. The van der Waals surface area contributed by atoms with Crippen LogP contribution in [0.1, 0.15) is 0 Å². The van der Waals surface area contributed by atoms with Gasteiger partial charge in [0.05, 0.1) is 0 Å². The maximum Gasteiger partial charge on any atom is 0 e. The van der Waals surface area contributed by atoms with Gasteiger partial charge in [0.2, 0.25) is 0 Å². The van der Waals surface area contributed by atoms with Crippen molar-refractivity contribution in [3.8, 4) is 0 Å². The number of rotatable bonds is 0. The van der Waals surface area contributed by atoms with Gasteiger partial charge in [-0.2, -0.15) is 13.5 Å². The standard InChI is InChI=1S/Al.In.H2S.Zn.6H/h;;1H2;;;;;;;. The van der Waals surface area contributed by atoms with Gasteiger partial charge in [0.15, 0.2) is 17.4 Å². The van der Waals surface area contributed by atoms with Crippen LogP contribution in [-0.4, -0.2) is 43.2 Å². The van der Waals surface area contributed by atoms with E-state index in [-0.39, 0.29) is 76.2 Å². The fourth-order valence-electron chi connectivity index (χ4n) is 0. The van der Waals surface area contributed by atoms with Crippen LogP contribution >= 0.6 is 13.5 Å². The normalized spacial score (nSPS) is 0. The third-order valence-electron chi connectivity index (χ3n) is 0. The first-order valence-electron chi connectivity index (χ1n) is 0. The second kappa shape index (κ2) is 18.2. The Bertz CT molecular complexity index is 8.00. The van der Waals surface area contributed by atoms with Crippen LogP contribution < -0.4 is 0 Å². The SMILES string of the molecule is S.[AlH3].[InH3].[Zn]. The first kappa shape index (κ1) is 32.6. The van der Waals surface area contributed by atoms with E-state index < -0.39 is 0 Å². The third-order valence-corrected chi connectivity index (χ3v) is 0. The molecule has 0 aliphatic rings. The summed E-state index contributed by atoms with van der Waals surface area (Å²) in [6, 6.07) is 0. The topological polar surface area (TPSA) is 0 Å². The van der Waals surface area contributed by atoms with Gasteiger partial charge >= 0.3 is 25.8 Å². The molecule has 0 atom stereocenters. The van der Waals surface area contributed by atoms with Gasteiger partial charge in [-0.3, -0.25) is 0 Å². The Labute approximate surface area is 75.2 Å². The van der Waals surface area contributed by atoms with E-state index in [1.54, 1.807) is 0 Å². The van der Waals surface area contributed by atoms with E-state index in [0.717, 1.165) is 0 Å². The van der Waals surface area contributed by atoms with Gasteiger partial charge in [0.1, 0.15) is 0 Å². The zero-order chi connectivity index (χ0) is 0. The van der Waals surface area contributed by atoms with Gasteiger partial charge in [-0.1, -0.05) is 0 Å². The summed E-state index contributed by atoms with van der Waals surface area (Å²) in [5, 5.41) is 0. The molecule has 0 rings (SSSR count). The Morgan fingerprint density at radius 3 is 1.00 bits per heavy atom. The third kappa shape index (κ3) is 8.83. The summed E-state index contributed by atoms with van der Waals surface area (Å²) in [5.41, 5.74) is 0. The summed E-state index contributed by atoms with van der Waals surface area (Å²) in [6.45, 7) is 0. The Kier molecular flexibility index (Phi) is 149. The molecule has 0 bridgehead atoms. The largest absolute Gasteiger partial charge is 0 e. The molecule has 0 nitrogen and oxygen atoms in total. The predicted molar refractivity (Wildman–Crippen MR) is 30.3 cm³/mol. The minimum Gasteiger partial charge on any atom is 0 e. The van der Waals surface area contributed by atoms with Crippen molar-refractivity contribution in [1.29, 1.82) is 0 Å². The van der Waals surface area contributed by atoms with Gasteiger partial charge in [-0.25, -0.2) is 0 Å². The maximum absolute atomic E-state index is 0. The van der Waals surface area contributed by atoms with E-state index in [0.29, 0.717) is 0 Å². The van der Waals surface area contributed by atoms with E-state index >= 15 is 0 Å². The summed E-state index contributed by atoms with van der Waals surface area (Å²) in [4.78, 5) is 0. The monoisotopic (exact) mass is 246 g/mol. The molecule has 0 spiro atoms. The van der Waals surface area contributed by atoms with E-state index in [2.05, 4.69) is 0 Å². The molecule has 0 N–H and O–H groups in total. The van der Waals surface area contributed by atoms with Crippen molar-refractivity contribution in [2.45, 2.75) is 0 Å². The Morgan fingerprint density at radius 2 is 1.00 bits per heavy atom. The van der Waals surface area contributed by atoms with E-state index in [1.807, 2.05) is 0 Å². The molecule has 0 heterocycles. The van der Waals surface area contributed by atoms with Crippen LogP contribution in [0, 0.1) is 0 Å². The summed E-state index contributed by atoms with van der Waals surface area (Å²) in [6.07, 6.45) is 0. The summed E-state index contributed by atoms with van der Waals surface area (Å²) >= 11 is 0. The average molecular weight is 247 g/mol. The van der Waals surface area contributed by atoms with Crippen LogP contribution in [0.15, 0.2) is 0 Å². The molecule has 22 valence electrons. The molecule has 0 amide bonds. The minimum atomic E-state index is 0. The van der Waals surface area contributed by atoms with Gasteiger partial charge in [-0.15, -0.1) is 0 Å². The van der Waals surface area contributed by atoms with Gasteiger partial charge < -0.3 is 0 Å². The van der Waals surface area contributed by atoms with Crippen molar-refractivity contribution in [3.63, 3.8) is 0 Å². The van der Waals surface area contributed by atoms with E-state index in [9.17, 15) is 0 Å². The van der Waals surface area contributed by atoms with Crippen LogP contribution in [0.2, 0.25) is 0 Å². The molecule has 0 aromatic rings. The number of hydrogen-bond acceptors (Lipinski definition) is 0. The molecule has 0 radical (unpaired) electrons. The smallest absolute Gasteiger partial charge is 0 e. The Hall–Kier alpha value is 2.38. The molecule has 0 saturated carbocycles. The van der Waals surface area contributed by atoms with Gasteiger partial charge in [0.25, 0.3) is 0 Å². The second-order valence-corrected chi connectivity index (χ2v) is 0. The summed E-state index contributed by atoms with van der Waals surface area (Å²) < 4.78 is 0. The molecular formula is H8AlInSZn. The Morgan fingerprint density at radius 1 is 1.00 bits per heavy atom. The Balaban J connectivity index is 0. The predicted octanol–water partition coefficient (Wildman–Crippen LogP) is -2.26. The average Bonchev–Trinajstić information content (AvgIpc) is 0. The molecule has 4 heavy (non-hydrogen) atoms. The zero-order valence-corrected chi connectivity index (χ0v) is 5.17. The molecule has 0 aliphatic carbocycles.